The van der Waals surface area contributed by atoms with E-state index in [4.69, 9.17) is 0 Å². The van der Waals surface area contributed by atoms with Gasteiger partial charge in [-0.05, 0) is 32.9 Å². The van der Waals surface area contributed by atoms with Crippen molar-refractivity contribution in [3.63, 3.8) is 0 Å². The molecule has 108 valence electrons. The topological polar surface area (TPSA) is 48.5 Å². The van der Waals surface area contributed by atoms with Crippen LogP contribution in [0.1, 0.15) is 20.8 Å². The number of rotatable bonds is 2. The van der Waals surface area contributed by atoms with Gasteiger partial charge in [0.05, 0.1) is 18.7 Å². The number of imidazole rings is 1. The van der Waals surface area contributed by atoms with Crippen LogP contribution in [-0.2, 0) is 5.54 Å². The van der Waals surface area contributed by atoms with Crippen LogP contribution in [0.5, 0.6) is 0 Å². The SMILES string of the molecule is CC(C)(C)n1cnc(-n2cc(-c3ccccc3F)nn2)c1. The Morgan fingerprint density at radius 2 is 1.86 bits per heavy atom. The molecule has 0 aliphatic heterocycles. The molecule has 0 spiro atoms. The van der Waals surface area contributed by atoms with Crippen LogP contribution >= 0.6 is 0 Å². The van der Waals surface area contributed by atoms with Crippen molar-refractivity contribution in [3.8, 4) is 17.1 Å². The van der Waals surface area contributed by atoms with E-state index < -0.39 is 0 Å². The number of aromatic nitrogens is 5. The third kappa shape index (κ3) is 2.56. The molecule has 0 aliphatic rings. The predicted octanol–water partition coefficient (Wildman–Crippen LogP) is 3.02. The van der Waals surface area contributed by atoms with E-state index in [2.05, 4.69) is 36.1 Å². The Morgan fingerprint density at radius 1 is 1.10 bits per heavy atom. The van der Waals surface area contributed by atoms with Crippen molar-refractivity contribution in [3.05, 3.63) is 48.8 Å². The molecule has 0 unspecified atom stereocenters. The lowest BCUT2D eigenvalue weighted by Crippen LogP contribution is -2.19. The Labute approximate surface area is 122 Å². The quantitative estimate of drug-likeness (QED) is 0.727. The number of nitrogens with zero attached hydrogens (tertiary/aromatic N) is 5. The van der Waals surface area contributed by atoms with Crippen molar-refractivity contribution >= 4 is 0 Å². The first-order chi connectivity index (χ1) is 9.95. The van der Waals surface area contributed by atoms with E-state index in [1.165, 1.54) is 6.07 Å². The summed E-state index contributed by atoms with van der Waals surface area (Å²) in [6.07, 6.45) is 5.31. The minimum atomic E-state index is -0.315. The largest absolute Gasteiger partial charge is 0.330 e. The van der Waals surface area contributed by atoms with Crippen LogP contribution in [-0.4, -0.2) is 24.5 Å². The molecular weight excluding hydrogens is 269 g/mol. The van der Waals surface area contributed by atoms with Gasteiger partial charge < -0.3 is 4.57 Å². The summed E-state index contributed by atoms with van der Waals surface area (Å²) in [4.78, 5) is 4.31. The molecule has 0 amide bonds. The highest BCUT2D eigenvalue weighted by atomic mass is 19.1. The minimum Gasteiger partial charge on any atom is -0.330 e. The molecule has 0 bridgehead atoms. The van der Waals surface area contributed by atoms with E-state index in [1.807, 2.05) is 10.8 Å². The predicted molar refractivity (Wildman–Crippen MR) is 77.5 cm³/mol. The monoisotopic (exact) mass is 285 g/mol. The molecule has 0 aliphatic carbocycles. The van der Waals surface area contributed by atoms with Gasteiger partial charge in [-0.3, -0.25) is 0 Å². The Kier molecular flexibility index (Phi) is 3.08. The second kappa shape index (κ2) is 4.80. The molecule has 2 aromatic heterocycles. The molecule has 6 heteroatoms. The smallest absolute Gasteiger partial charge is 0.173 e. The van der Waals surface area contributed by atoms with Gasteiger partial charge in [-0.15, -0.1) is 5.10 Å². The third-order valence-electron chi connectivity index (χ3n) is 3.22. The highest BCUT2D eigenvalue weighted by Gasteiger charge is 2.15. The summed E-state index contributed by atoms with van der Waals surface area (Å²) in [7, 11) is 0. The molecular formula is C15H16FN5. The molecule has 0 radical (unpaired) electrons. The van der Waals surface area contributed by atoms with Crippen molar-refractivity contribution in [1.82, 2.24) is 24.5 Å². The fourth-order valence-electron chi connectivity index (χ4n) is 1.97. The zero-order valence-electron chi connectivity index (χ0n) is 12.2. The molecule has 0 fully saturated rings. The van der Waals surface area contributed by atoms with Gasteiger partial charge in [0, 0.05) is 11.1 Å². The van der Waals surface area contributed by atoms with Crippen LogP contribution in [0.25, 0.3) is 17.1 Å². The van der Waals surface area contributed by atoms with Crippen LogP contribution in [0.15, 0.2) is 43.0 Å². The van der Waals surface area contributed by atoms with E-state index >= 15 is 0 Å². The van der Waals surface area contributed by atoms with E-state index in [0.717, 1.165) is 0 Å². The number of benzene rings is 1. The second-order valence-corrected chi connectivity index (χ2v) is 5.84. The first kappa shape index (κ1) is 13.5. The lowest BCUT2D eigenvalue weighted by atomic mass is 10.1. The van der Waals surface area contributed by atoms with Crippen LogP contribution in [0.2, 0.25) is 0 Å². The van der Waals surface area contributed by atoms with Crippen LogP contribution < -0.4 is 0 Å². The normalized spacial score (nSPS) is 11.8. The molecule has 2 heterocycles. The Morgan fingerprint density at radius 3 is 2.52 bits per heavy atom. The summed E-state index contributed by atoms with van der Waals surface area (Å²) >= 11 is 0. The van der Waals surface area contributed by atoms with Crippen molar-refractivity contribution in [1.29, 1.82) is 0 Å². The van der Waals surface area contributed by atoms with Gasteiger partial charge in [-0.25, -0.2) is 14.1 Å². The first-order valence-electron chi connectivity index (χ1n) is 6.67. The van der Waals surface area contributed by atoms with E-state index in [0.29, 0.717) is 17.1 Å². The van der Waals surface area contributed by atoms with Gasteiger partial charge in [-0.2, -0.15) is 0 Å². The molecule has 0 saturated heterocycles. The summed E-state index contributed by atoms with van der Waals surface area (Å²) in [5.74, 6) is 0.338. The molecule has 3 aromatic rings. The van der Waals surface area contributed by atoms with Gasteiger partial charge in [0.25, 0.3) is 0 Å². The first-order valence-corrected chi connectivity index (χ1v) is 6.67. The molecule has 21 heavy (non-hydrogen) atoms. The third-order valence-corrected chi connectivity index (χ3v) is 3.22. The summed E-state index contributed by atoms with van der Waals surface area (Å²) in [6, 6.07) is 6.50. The lowest BCUT2D eigenvalue weighted by Gasteiger charge is -2.19. The van der Waals surface area contributed by atoms with Crippen LogP contribution in [0, 0.1) is 5.82 Å². The van der Waals surface area contributed by atoms with Gasteiger partial charge in [0.2, 0.25) is 0 Å². The van der Waals surface area contributed by atoms with E-state index in [9.17, 15) is 4.39 Å². The maximum absolute atomic E-state index is 13.8. The summed E-state index contributed by atoms with van der Waals surface area (Å²) in [5.41, 5.74) is 0.859. The maximum Gasteiger partial charge on any atom is 0.173 e. The number of hydrogen-bond donors (Lipinski definition) is 0. The lowest BCUT2D eigenvalue weighted by molar-refractivity contribution is 0.396. The molecule has 1 aromatic carbocycles. The maximum atomic E-state index is 13.8. The summed E-state index contributed by atoms with van der Waals surface area (Å²) in [5, 5.41) is 8.04. The summed E-state index contributed by atoms with van der Waals surface area (Å²) < 4.78 is 17.3. The van der Waals surface area contributed by atoms with Crippen LogP contribution in [0.4, 0.5) is 4.39 Å². The Balaban J connectivity index is 1.96. The van der Waals surface area contributed by atoms with Crippen molar-refractivity contribution in [2.45, 2.75) is 26.3 Å². The average Bonchev–Trinajstić information content (AvgIpc) is 3.07. The Bertz CT molecular complexity index is 766. The van der Waals surface area contributed by atoms with Gasteiger partial charge in [0.15, 0.2) is 5.82 Å². The zero-order chi connectivity index (χ0) is 15.0. The Hall–Kier alpha value is -2.50. The van der Waals surface area contributed by atoms with E-state index in [-0.39, 0.29) is 11.4 Å². The molecule has 0 atom stereocenters. The van der Waals surface area contributed by atoms with Gasteiger partial charge in [-0.1, -0.05) is 17.3 Å². The van der Waals surface area contributed by atoms with Crippen molar-refractivity contribution in [2.24, 2.45) is 0 Å². The standard InChI is InChI=1S/C15H16FN5/c1-15(2,3)20-9-14(17-10-20)21-8-13(18-19-21)11-6-4-5-7-12(11)16/h4-10H,1-3H3. The zero-order valence-corrected chi connectivity index (χ0v) is 12.2. The highest BCUT2D eigenvalue weighted by Crippen LogP contribution is 2.21. The minimum absolute atomic E-state index is 0.0554. The average molecular weight is 285 g/mol. The molecule has 0 saturated carbocycles. The summed E-state index contributed by atoms with van der Waals surface area (Å²) in [6.45, 7) is 6.26. The molecule has 0 N–H and O–H groups in total. The number of halogens is 1. The van der Waals surface area contributed by atoms with Crippen LogP contribution in [0.3, 0.4) is 0 Å². The fraction of sp³-hybridized carbons (Fsp3) is 0.267. The highest BCUT2D eigenvalue weighted by molar-refractivity contribution is 5.58. The number of hydrogen-bond acceptors (Lipinski definition) is 3. The van der Waals surface area contributed by atoms with E-state index in [1.54, 1.807) is 35.4 Å². The van der Waals surface area contributed by atoms with Crippen molar-refractivity contribution in [2.75, 3.05) is 0 Å². The fourth-order valence-corrected chi connectivity index (χ4v) is 1.97. The van der Waals surface area contributed by atoms with Crippen molar-refractivity contribution < 1.29 is 4.39 Å². The molecule has 3 rings (SSSR count). The van der Waals surface area contributed by atoms with Gasteiger partial charge in [0.1, 0.15) is 11.5 Å². The van der Waals surface area contributed by atoms with Gasteiger partial charge >= 0.3 is 0 Å². The second-order valence-electron chi connectivity index (χ2n) is 5.84. The molecule has 5 nitrogen and oxygen atoms in total.